The van der Waals surface area contributed by atoms with Crippen molar-refractivity contribution in [3.63, 3.8) is 0 Å². The smallest absolute Gasteiger partial charge is 0.310 e. The van der Waals surface area contributed by atoms with Crippen LogP contribution in [0.2, 0.25) is 0 Å². The Morgan fingerprint density at radius 1 is 1.32 bits per heavy atom. The maximum absolute atomic E-state index is 13.6. The molecule has 0 bridgehead atoms. The highest BCUT2D eigenvalue weighted by atomic mass is 19.4. The van der Waals surface area contributed by atoms with Gasteiger partial charge in [-0.3, -0.25) is 9.63 Å². The molecule has 0 radical (unpaired) electrons. The van der Waals surface area contributed by atoms with Crippen molar-refractivity contribution in [3.05, 3.63) is 35.1 Å². The fraction of sp³-hybridized carbons (Fsp3) is 0.385. The number of halogens is 4. The molecule has 1 aliphatic heterocycles. The third kappa shape index (κ3) is 2.21. The van der Waals surface area contributed by atoms with E-state index in [0.29, 0.717) is 6.07 Å². The number of imide groups is 1. The maximum Gasteiger partial charge on any atom is 0.425 e. The summed E-state index contributed by atoms with van der Waals surface area (Å²) in [6.07, 6.45) is -5.18. The van der Waals surface area contributed by atoms with Gasteiger partial charge in [0.05, 0.1) is 6.61 Å². The molecule has 1 fully saturated rings. The van der Waals surface area contributed by atoms with Crippen molar-refractivity contribution < 1.29 is 32.0 Å². The lowest BCUT2D eigenvalue weighted by molar-refractivity contribution is -0.209. The predicted octanol–water partition coefficient (Wildman–Crippen LogP) is 2.40. The first-order valence-corrected chi connectivity index (χ1v) is 6.28. The zero-order chi connectivity index (χ0) is 16.7. The lowest BCUT2D eigenvalue weighted by Gasteiger charge is -2.30. The number of carbonyl (C=O) groups is 2. The number of hydrogen-bond donors (Lipinski definition) is 1. The van der Waals surface area contributed by atoms with Crippen LogP contribution in [0.5, 0.6) is 0 Å². The molecule has 1 heterocycles. The van der Waals surface area contributed by atoms with Gasteiger partial charge in [-0.05, 0) is 31.5 Å². The van der Waals surface area contributed by atoms with E-state index in [0.717, 1.165) is 12.1 Å². The van der Waals surface area contributed by atoms with E-state index in [4.69, 9.17) is 0 Å². The molecule has 0 aliphatic carbocycles. The molecule has 2 rings (SSSR count). The van der Waals surface area contributed by atoms with Crippen molar-refractivity contribution in [3.8, 4) is 0 Å². The fourth-order valence-corrected chi connectivity index (χ4v) is 2.28. The Morgan fingerprint density at radius 3 is 2.50 bits per heavy atom. The van der Waals surface area contributed by atoms with Gasteiger partial charge in [0.15, 0.2) is 0 Å². The highest BCUT2D eigenvalue weighted by Gasteiger charge is 2.69. The van der Waals surface area contributed by atoms with Crippen LogP contribution >= 0.6 is 0 Å². The highest BCUT2D eigenvalue weighted by molar-refractivity contribution is 6.07. The van der Waals surface area contributed by atoms with Gasteiger partial charge in [0.2, 0.25) is 5.54 Å². The van der Waals surface area contributed by atoms with Crippen molar-refractivity contribution in [1.82, 2.24) is 10.4 Å². The standard InChI is InChI=1S/C13H12F4N2O3/c1-3-22-19-10(20)12(13(15,16)17,18-11(19)21)9-6-8(14)5-4-7(9)2/h4-6H,3H2,1-2H3,(H,18,21)/t12-/m1/s1. The van der Waals surface area contributed by atoms with Gasteiger partial charge in [-0.1, -0.05) is 6.07 Å². The normalized spacial score (nSPS) is 22.2. The Balaban J connectivity index is 2.69. The average Bonchev–Trinajstić information content (AvgIpc) is 2.67. The van der Waals surface area contributed by atoms with E-state index in [1.165, 1.54) is 13.8 Å². The molecule has 22 heavy (non-hydrogen) atoms. The van der Waals surface area contributed by atoms with E-state index in [2.05, 4.69) is 4.84 Å². The molecule has 0 aromatic heterocycles. The highest BCUT2D eigenvalue weighted by Crippen LogP contribution is 2.44. The van der Waals surface area contributed by atoms with Crippen LogP contribution in [0.25, 0.3) is 0 Å². The minimum atomic E-state index is -5.18. The van der Waals surface area contributed by atoms with E-state index in [-0.39, 0.29) is 17.2 Å². The molecule has 1 atom stereocenters. The summed E-state index contributed by atoms with van der Waals surface area (Å²) >= 11 is 0. The summed E-state index contributed by atoms with van der Waals surface area (Å²) in [5.74, 6) is -2.61. The summed E-state index contributed by atoms with van der Waals surface area (Å²) in [5, 5.41) is 1.61. The molecule has 0 spiro atoms. The topological polar surface area (TPSA) is 58.6 Å². The number of urea groups is 1. The van der Waals surface area contributed by atoms with Crippen LogP contribution in [0.3, 0.4) is 0 Å². The van der Waals surface area contributed by atoms with Crippen LogP contribution < -0.4 is 5.32 Å². The van der Waals surface area contributed by atoms with E-state index >= 15 is 0 Å². The number of nitrogens with one attached hydrogen (secondary N) is 1. The monoisotopic (exact) mass is 320 g/mol. The van der Waals surface area contributed by atoms with Gasteiger partial charge in [0.25, 0.3) is 5.91 Å². The second kappa shape index (κ2) is 5.24. The molecular formula is C13H12F4N2O3. The third-order valence-corrected chi connectivity index (χ3v) is 3.27. The van der Waals surface area contributed by atoms with E-state index in [1.54, 1.807) is 5.32 Å². The van der Waals surface area contributed by atoms with Crippen LogP contribution in [-0.4, -0.2) is 29.8 Å². The van der Waals surface area contributed by atoms with Gasteiger partial charge in [-0.2, -0.15) is 13.2 Å². The van der Waals surface area contributed by atoms with Gasteiger partial charge in [0, 0.05) is 5.56 Å². The van der Waals surface area contributed by atoms with Crippen molar-refractivity contribution in [2.45, 2.75) is 25.6 Å². The minimum absolute atomic E-state index is 0.00530. The Kier molecular flexibility index (Phi) is 3.86. The quantitative estimate of drug-likeness (QED) is 0.687. The van der Waals surface area contributed by atoms with Crippen molar-refractivity contribution in [2.75, 3.05) is 6.61 Å². The lowest BCUT2D eigenvalue weighted by Crippen LogP contribution is -2.56. The number of hydroxylamine groups is 2. The summed E-state index contributed by atoms with van der Waals surface area (Å²) in [5.41, 5.74) is -4.04. The van der Waals surface area contributed by atoms with Gasteiger partial charge in [-0.15, -0.1) is 5.06 Å². The first-order valence-electron chi connectivity index (χ1n) is 6.28. The minimum Gasteiger partial charge on any atom is -0.310 e. The van der Waals surface area contributed by atoms with Crippen LogP contribution in [0, 0.1) is 12.7 Å². The number of aryl methyl sites for hydroxylation is 1. The molecule has 3 amide bonds. The fourth-order valence-electron chi connectivity index (χ4n) is 2.28. The molecule has 1 aliphatic rings. The van der Waals surface area contributed by atoms with Crippen molar-refractivity contribution in [2.24, 2.45) is 0 Å². The number of carbonyl (C=O) groups excluding carboxylic acids is 2. The Hall–Kier alpha value is -2.16. The SMILES string of the molecule is CCON1C(=O)N[C@@](c2cc(F)ccc2C)(C(F)(F)F)C1=O. The zero-order valence-corrected chi connectivity index (χ0v) is 11.6. The first kappa shape index (κ1) is 16.2. The molecule has 0 unspecified atom stereocenters. The molecular weight excluding hydrogens is 308 g/mol. The van der Waals surface area contributed by atoms with Gasteiger partial charge < -0.3 is 5.32 Å². The van der Waals surface area contributed by atoms with Crippen LogP contribution in [-0.2, 0) is 15.2 Å². The van der Waals surface area contributed by atoms with Gasteiger partial charge in [-0.25, -0.2) is 9.18 Å². The van der Waals surface area contributed by atoms with E-state index < -0.39 is 35.0 Å². The van der Waals surface area contributed by atoms with Crippen LogP contribution in [0.15, 0.2) is 18.2 Å². The number of rotatable bonds is 3. The summed E-state index contributed by atoms with van der Waals surface area (Å²) < 4.78 is 54.2. The summed E-state index contributed by atoms with van der Waals surface area (Å²) in [6.45, 7) is 2.50. The first-order chi connectivity index (χ1) is 10.1. The largest absolute Gasteiger partial charge is 0.425 e. The van der Waals surface area contributed by atoms with Crippen molar-refractivity contribution >= 4 is 11.9 Å². The number of amides is 3. The predicted molar refractivity (Wildman–Crippen MR) is 65.9 cm³/mol. The number of benzene rings is 1. The number of nitrogens with zero attached hydrogens (tertiary/aromatic N) is 1. The molecule has 120 valence electrons. The number of alkyl halides is 3. The van der Waals surface area contributed by atoms with Crippen LogP contribution in [0.1, 0.15) is 18.1 Å². The average molecular weight is 320 g/mol. The Bertz CT molecular complexity index is 632. The molecule has 0 saturated carbocycles. The molecule has 1 aromatic carbocycles. The summed E-state index contributed by atoms with van der Waals surface area (Å²) in [7, 11) is 0. The second-order valence-corrected chi connectivity index (χ2v) is 4.65. The molecule has 1 N–H and O–H groups in total. The molecule has 1 aromatic rings. The molecule has 5 nitrogen and oxygen atoms in total. The summed E-state index contributed by atoms with van der Waals surface area (Å²) in [6, 6.07) is 1.29. The maximum atomic E-state index is 13.6. The van der Waals surface area contributed by atoms with Crippen LogP contribution in [0.4, 0.5) is 22.4 Å². The van der Waals surface area contributed by atoms with E-state index in [1.807, 2.05) is 0 Å². The zero-order valence-electron chi connectivity index (χ0n) is 11.6. The summed E-state index contributed by atoms with van der Waals surface area (Å²) in [4.78, 5) is 28.5. The Labute approximate surface area is 122 Å². The van der Waals surface area contributed by atoms with Gasteiger partial charge in [0.1, 0.15) is 5.82 Å². The second-order valence-electron chi connectivity index (χ2n) is 4.65. The lowest BCUT2D eigenvalue weighted by atomic mass is 9.86. The third-order valence-electron chi connectivity index (χ3n) is 3.27. The number of hydrogen-bond acceptors (Lipinski definition) is 3. The molecule has 1 saturated heterocycles. The van der Waals surface area contributed by atoms with E-state index in [9.17, 15) is 27.2 Å². The Morgan fingerprint density at radius 2 is 1.95 bits per heavy atom. The van der Waals surface area contributed by atoms with Gasteiger partial charge >= 0.3 is 12.2 Å². The van der Waals surface area contributed by atoms with Crippen molar-refractivity contribution in [1.29, 1.82) is 0 Å². The molecule has 9 heteroatoms.